The number of carbonyl (C=O) groups is 1. The monoisotopic (exact) mass is 280 g/mol. The molecule has 0 fully saturated rings. The van der Waals surface area contributed by atoms with Gasteiger partial charge in [-0.3, -0.25) is 0 Å². The number of hydrogen-bond donors (Lipinski definition) is 2. The van der Waals surface area contributed by atoms with Gasteiger partial charge in [-0.2, -0.15) is 0 Å². The van der Waals surface area contributed by atoms with Crippen molar-refractivity contribution in [2.75, 3.05) is 19.3 Å². The van der Waals surface area contributed by atoms with E-state index in [0.717, 1.165) is 5.56 Å². The fourth-order valence-electron chi connectivity index (χ4n) is 1.42. The molecule has 0 radical (unpaired) electrons. The molecule has 0 spiro atoms. The van der Waals surface area contributed by atoms with E-state index in [0.29, 0.717) is 13.0 Å². The van der Waals surface area contributed by atoms with Gasteiger partial charge in [-0.05, 0) is 24.1 Å². The van der Waals surface area contributed by atoms with Gasteiger partial charge in [-0.25, -0.2) is 13.2 Å². The van der Waals surface area contributed by atoms with Gasteiger partial charge in [-0.1, -0.05) is 18.1 Å². The quantitative estimate of drug-likeness (QED) is 0.774. The van der Waals surface area contributed by atoms with Gasteiger partial charge < -0.3 is 10.6 Å². The predicted octanol–water partition coefficient (Wildman–Crippen LogP) is 0.565. The number of hydrogen-bond acceptors (Lipinski definition) is 3. The summed E-state index contributed by atoms with van der Waals surface area (Å²) < 4.78 is 22.5. The van der Waals surface area contributed by atoms with Gasteiger partial charge in [0.1, 0.15) is 0 Å². The van der Waals surface area contributed by atoms with Crippen molar-refractivity contribution in [1.82, 2.24) is 10.6 Å². The van der Waals surface area contributed by atoms with Crippen molar-refractivity contribution in [2.24, 2.45) is 0 Å². The minimum absolute atomic E-state index is 0.189. The zero-order valence-corrected chi connectivity index (χ0v) is 11.5. The molecule has 0 saturated heterocycles. The zero-order chi connectivity index (χ0) is 14.3. The molecule has 1 aromatic rings. The van der Waals surface area contributed by atoms with Gasteiger partial charge in [0, 0.05) is 12.8 Å². The highest BCUT2D eigenvalue weighted by atomic mass is 32.2. The summed E-state index contributed by atoms with van der Waals surface area (Å²) >= 11 is 0. The van der Waals surface area contributed by atoms with Crippen LogP contribution in [0.15, 0.2) is 29.2 Å². The minimum Gasteiger partial charge on any atom is -0.338 e. The second-order valence-corrected chi connectivity index (χ2v) is 6.00. The summed E-state index contributed by atoms with van der Waals surface area (Å²) in [6, 6.07) is 6.27. The molecule has 2 N–H and O–H groups in total. The van der Waals surface area contributed by atoms with Crippen LogP contribution in [0.1, 0.15) is 5.56 Å². The lowest BCUT2D eigenvalue weighted by molar-refractivity contribution is 0.242. The lowest BCUT2D eigenvalue weighted by Gasteiger charge is -2.06. The Labute approximate surface area is 113 Å². The average Bonchev–Trinajstić information content (AvgIpc) is 2.36. The molecule has 1 aromatic carbocycles. The van der Waals surface area contributed by atoms with Crippen LogP contribution in [0.3, 0.4) is 0 Å². The first-order valence-electron chi connectivity index (χ1n) is 5.67. The molecule has 2 amide bonds. The van der Waals surface area contributed by atoms with E-state index >= 15 is 0 Å². The van der Waals surface area contributed by atoms with Gasteiger partial charge in [0.15, 0.2) is 9.84 Å². The number of amides is 2. The number of carbonyl (C=O) groups excluding carboxylic acids is 1. The molecule has 5 nitrogen and oxygen atoms in total. The van der Waals surface area contributed by atoms with E-state index in [1.165, 1.54) is 6.26 Å². The van der Waals surface area contributed by atoms with Crippen LogP contribution < -0.4 is 10.6 Å². The molecule has 102 valence electrons. The Hall–Kier alpha value is -2.00. The molecule has 0 aliphatic rings. The first kappa shape index (κ1) is 15.1. The molecule has 0 aromatic heterocycles. The first-order valence-corrected chi connectivity index (χ1v) is 7.57. The molecule has 0 saturated carbocycles. The van der Waals surface area contributed by atoms with Crippen LogP contribution in [-0.4, -0.2) is 33.8 Å². The van der Waals surface area contributed by atoms with E-state index in [1.54, 1.807) is 24.3 Å². The third-order valence-corrected chi connectivity index (χ3v) is 3.53. The van der Waals surface area contributed by atoms with Crippen molar-refractivity contribution in [1.29, 1.82) is 0 Å². The number of urea groups is 1. The van der Waals surface area contributed by atoms with Crippen molar-refractivity contribution in [3.63, 3.8) is 0 Å². The number of benzene rings is 1. The van der Waals surface area contributed by atoms with Gasteiger partial charge >= 0.3 is 6.03 Å². The van der Waals surface area contributed by atoms with E-state index in [-0.39, 0.29) is 17.5 Å². The van der Waals surface area contributed by atoms with Crippen LogP contribution in [0, 0.1) is 12.3 Å². The Morgan fingerprint density at radius 1 is 1.26 bits per heavy atom. The molecular weight excluding hydrogens is 264 g/mol. The Morgan fingerprint density at radius 2 is 1.89 bits per heavy atom. The lowest BCUT2D eigenvalue weighted by Crippen LogP contribution is -2.36. The third-order valence-electron chi connectivity index (χ3n) is 2.40. The lowest BCUT2D eigenvalue weighted by atomic mass is 10.1. The zero-order valence-electron chi connectivity index (χ0n) is 10.6. The third kappa shape index (κ3) is 5.44. The topological polar surface area (TPSA) is 75.3 Å². The van der Waals surface area contributed by atoms with Gasteiger partial charge in [-0.15, -0.1) is 6.42 Å². The molecule has 19 heavy (non-hydrogen) atoms. The summed E-state index contributed by atoms with van der Waals surface area (Å²) in [5, 5.41) is 5.13. The maximum absolute atomic E-state index is 11.3. The number of sulfone groups is 1. The summed E-state index contributed by atoms with van der Waals surface area (Å²) in [5.74, 6) is 2.30. The van der Waals surface area contributed by atoms with Crippen LogP contribution >= 0.6 is 0 Å². The molecule has 0 heterocycles. The standard InChI is InChI=1S/C13H16N2O3S/c1-3-9-14-13(16)15-10-8-11-4-6-12(7-5-11)19(2,17)18/h1,4-7H,8-10H2,2H3,(H2,14,15,16). The smallest absolute Gasteiger partial charge is 0.315 e. The van der Waals surface area contributed by atoms with E-state index in [9.17, 15) is 13.2 Å². The molecule has 0 aliphatic carbocycles. The fourth-order valence-corrected chi connectivity index (χ4v) is 2.05. The summed E-state index contributed by atoms with van der Waals surface area (Å²) in [6.07, 6.45) is 6.79. The maximum atomic E-state index is 11.3. The molecule has 6 heteroatoms. The first-order chi connectivity index (χ1) is 8.93. The highest BCUT2D eigenvalue weighted by Crippen LogP contribution is 2.10. The van der Waals surface area contributed by atoms with E-state index in [4.69, 9.17) is 6.42 Å². The molecular formula is C13H16N2O3S. The summed E-state index contributed by atoms with van der Waals surface area (Å²) in [6.45, 7) is 0.642. The van der Waals surface area contributed by atoms with Gasteiger partial charge in [0.25, 0.3) is 0 Å². The fraction of sp³-hybridized carbons (Fsp3) is 0.308. The summed E-state index contributed by atoms with van der Waals surface area (Å²) in [5.41, 5.74) is 0.949. The van der Waals surface area contributed by atoms with Crippen molar-refractivity contribution < 1.29 is 13.2 Å². The number of rotatable bonds is 5. The van der Waals surface area contributed by atoms with E-state index in [2.05, 4.69) is 16.6 Å². The Balaban J connectivity index is 2.43. The molecule has 1 rings (SSSR count). The Morgan fingerprint density at radius 3 is 2.42 bits per heavy atom. The highest BCUT2D eigenvalue weighted by molar-refractivity contribution is 7.90. The van der Waals surface area contributed by atoms with E-state index < -0.39 is 9.84 Å². The van der Waals surface area contributed by atoms with Crippen molar-refractivity contribution in [2.45, 2.75) is 11.3 Å². The molecule has 0 unspecified atom stereocenters. The maximum Gasteiger partial charge on any atom is 0.315 e. The molecule has 0 aliphatic heterocycles. The Bertz CT molecular complexity index is 571. The SMILES string of the molecule is C#CCNC(=O)NCCc1ccc(S(C)(=O)=O)cc1. The van der Waals surface area contributed by atoms with Crippen LogP contribution in [-0.2, 0) is 16.3 Å². The second kappa shape index (κ2) is 6.81. The largest absolute Gasteiger partial charge is 0.338 e. The number of nitrogens with one attached hydrogen (secondary N) is 2. The van der Waals surface area contributed by atoms with Crippen LogP contribution in [0.25, 0.3) is 0 Å². The average molecular weight is 280 g/mol. The minimum atomic E-state index is -3.16. The number of terminal acetylenes is 1. The van der Waals surface area contributed by atoms with Gasteiger partial charge in [0.2, 0.25) is 0 Å². The molecule has 0 bridgehead atoms. The predicted molar refractivity (Wildman–Crippen MR) is 73.5 cm³/mol. The molecule has 0 atom stereocenters. The van der Waals surface area contributed by atoms with Crippen molar-refractivity contribution in [3.8, 4) is 12.3 Å². The van der Waals surface area contributed by atoms with Crippen molar-refractivity contribution >= 4 is 15.9 Å². The highest BCUT2D eigenvalue weighted by Gasteiger charge is 2.06. The van der Waals surface area contributed by atoms with Crippen LogP contribution in [0.2, 0.25) is 0 Å². The summed E-state index contributed by atoms with van der Waals surface area (Å²) in [4.78, 5) is 11.5. The van der Waals surface area contributed by atoms with Crippen LogP contribution in [0.4, 0.5) is 4.79 Å². The van der Waals surface area contributed by atoms with E-state index in [1.807, 2.05) is 0 Å². The second-order valence-electron chi connectivity index (χ2n) is 3.98. The van der Waals surface area contributed by atoms with Crippen LogP contribution in [0.5, 0.6) is 0 Å². The summed E-state index contributed by atoms with van der Waals surface area (Å²) in [7, 11) is -3.16. The normalized spacial score (nSPS) is 10.5. The van der Waals surface area contributed by atoms with Crippen molar-refractivity contribution in [3.05, 3.63) is 29.8 Å². The van der Waals surface area contributed by atoms with Gasteiger partial charge in [0.05, 0.1) is 11.4 Å². The Kier molecular flexibility index (Phi) is 5.39.